The fourth-order valence-electron chi connectivity index (χ4n) is 0.0873. The minimum Gasteiger partial charge on any atom is -0.464 e. The van der Waals surface area contributed by atoms with Crippen molar-refractivity contribution in [1.82, 2.24) is 4.72 Å². The van der Waals surface area contributed by atoms with Crippen LogP contribution in [0.15, 0.2) is 0 Å². The van der Waals surface area contributed by atoms with Gasteiger partial charge in [-0.2, -0.15) is 0 Å². The summed E-state index contributed by atoms with van der Waals surface area (Å²) in [5, 5.41) is 7.78. The number of nitrogens with one attached hydrogen (secondary N) is 1. The first-order chi connectivity index (χ1) is 2.77. The number of hydrogen-bond acceptors (Lipinski definition) is 2. The van der Waals surface area contributed by atoms with Crippen LogP contribution in [0.3, 0.4) is 0 Å². The van der Waals surface area contributed by atoms with Crippen molar-refractivity contribution >= 4 is 18.0 Å². The average Bonchev–Trinajstić information content (AvgIpc) is 1.35. The lowest BCUT2D eigenvalue weighted by molar-refractivity contribution is 0.202. The molecule has 3 nitrogen and oxygen atoms in total. The van der Waals surface area contributed by atoms with E-state index in [9.17, 15) is 4.79 Å². The van der Waals surface area contributed by atoms with E-state index in [-0.39, 0.29) is 0 Å². The van der Waals surface area contributed by atoms with Crippen molar-refractivity contribution in [2.24, 2.45) is 0 Å². The third kappa shape index (κ3) is 3.62. The molecule has 0 saturated heterocycles. The van der Waals surface area contributed by atoms with Crippen molar-refractivity contribution in [2.75, 3.05) is 6.26 Å². The Balaban J connectivity index is 2.83. The predicted octanol–water partition coefficient (Wildman–Crippen LogP) is 0.532. The second-order valence-electron chi connectivity index (χ2n) is 0.611. The first-order valence-corrected chi connectivity index (χ1v) is 2.51. The first-order valence-electron chi connectivity index (χ1n) is 1.29. The highest BCUT2D eigenvalue weighted by Crippen LogP contribution is 1.77. The number of carbonyl (C=O) groups is 1. The van der Waals surface area contributed by atoms with Crippen LogP contribution in [-0.4, -0.2) is 17.5 Å². The van der Waals surface area contributed by atoms with E-state index in [0.717, 1.165) is 11.9 Å². The van der Waals surface area contributed by atoms with E-state index in [2.05, 4.69) is 0 Å². The maximum Gasteiger partial charge on any atom is 0.414 e. The zero-order valence-corrected chi connectivity index (χ0v) is 4.08. The van der Waals surface area contributed by atoms with Crippen LogP contribution in [0, 0.1) is 0 Å². The summed E-state index contributed by atoms with van der Waals surface area (Å²) in [6, 6.07) is 0. The molecule has 0 aromatic heterocycles. The van der Waals surface area contributed by atoms with Crippen LogP contribution in [0.25, 0.3) is 0 Å². The molecule has 1 amide bonds. The van der Waals surface area contributed by atoms with E-state index in [1.54, 1.807) is 6.26 Å². The minimum atomic E-state index is -0.998. The van der Waals surface area contributed by atoms with Gasteiger partial charge in [-0.15, -0.1) is 0 Å². The van der Waals surface area contributed by atoms with Crippen LogP contribution in [0.5, 0.6) is 0 Å². The quantitative estimate of drug-likeness (QED) is 0.480. The van der Waals surface area contributed by atoms with Crippen LogP contribution in [0.1, 0.15) is 0 Å². The highest BCUT2D eigenvalue weighted by Gasteiger charge is 1.84. The SMILES string of the molecule is CSNC(=O)O. The Morgan fingerprint density at radius 3 is 2.50 bits per heavy atom. The summed E-state index contributed by atoms with van der Waals surface area (Å²) >= 11 is 1.06. The molecule has 0 atom stereocenters. The topological polar surface area (TPSA) is 49.3 Å². The van der Waals surface area contributed by atoms with Crippen molar-refractivity contribution < 1.29 is 9.90 Å². The fraction of sp³-hybridized carbons (Fsp3) is 0.500. The highest BCUT2D eigenvalue weighted by molar-refractivity contribution is 7.97. The molecular weight excluding hydrogens is 102 g/mol. The second-order valence-corrected chi connectivity index (χ2v) is 1.22. The Morgan fingerprint density at radius 1 is 2.00 bits per heavy atom. The van der Waals surface area contributed by atoms with Crippen LogP contribution in [0.4, 0.5) is 4.79 Å². The maximum atomic E-state index is 9.47. The number of carboxylic acid groups (broad SMARTS) is 1. The molecule has 36 valence electrons. The van der Waals surface area contributed by atoms with Crippen molar-refractivity contribution in [2.45, 2.75) is 0 Å². The third-order valence-electron chi connectivity index (χ3n) is 0.189. The molecule has 0 aliphatic rings. The van der Waals surface area contributed by atoms with Gasteiger partial charge in [0.2, 0.25) is 0 Å². The zero-order chi connectivity index (χ0) is 4.99. The van der Waals surface area contributed by atoms with Crippen molar-refractivity contribution in [1.29, 1.82) is 0 Å². The normalized spacial score (nSPS) is 7.50. The molecule has 0 unspecified atom stereocenters. The monoisotopic (exact) mass is 107 g/mol. The van der Waals surface area contributed by atoms with Gasteiger partial charge in [0.25, 0.3) is 0 Å². The maximum absolute atomic E-state index is 9.47. The molecule has 6 heavy (non-hydrogen) atoms. The predicted molar refractivity (Wildman–Crippen MR) is 24.7 cm³/mol. The van der Waals surface area contributed by atoms with Gasteiger partial charge in [-0.3, -0.25) is 4.72 Å². The van der Waals surface area contributed by atoms with Crippen LogP contribution >= 0.6 is 11.9 Å². The van der Waals surface area contributed by atoms with Gasteiger partial charge in [-0.05, 0) is 0 Å². The van der Waals surface area contributed by atoms with Crippen LogP contribution < -0.4 is 4.72 Å². The Labute approximate surface area is 39.9 Å². The lowest BCUT2D eigenvalue weighted by Crippen LogP contribution is -2.09. The molecule has 0 rings (SSSR count). The molecule has 0 aromatic rings. The smallest absolute Gasteiger partial charge is 0.414 e. The number of amides is 1. The molecule has 0 heterocycles. The molecule has 0 aromatic carbocycles. The van der Waals surface area contributed by atoms with E-state index in [0.29, 0.717) is 0 Å². The summed E-state index contributed by atoms with van der Waals surface area (Å²) in [6.07, 6.45) is 0.649. The van der Waals surface area contributed by atoms with Gasteiger partial charge in [0.1, 0.15) is 0 Å². The molecule has 0 aliphatic heterocycles. The number of rotatable bonds is 1. The van der Waals surface area contributed by atoms with E-state index in [1.807, 2.05) is 4.72 Å². The van der Waals surface area contributed by atoms with Gasteiger partial charge in [-0.25, -0.2) is 4.79 Å². The summed E-state index contributed by atoms with van der Waals surface area (Å²) in [5.74, 6) is 0. The molecule has 0 spiro atoms. The average molecular weight is 107 g/mol. The van der Waals surface area contributed by atoms with Gasteiger partial charge in [-0.1, -0.05) is 11.9 Å². The lowest BCUT2D eigenvalue weighted by Gasteiger charge is -1.86. The molecule has 2 N–H and O–H groups in total. The van der Waals surface area contributed by atoms with Gasteiger partial charge in [0.05, 0.1) is 0 Å². The standard InChI is InChI=1S/C2H5NO2S/c1-6-3-2(4)5/h3H,1H3,(H,4,5). The molecule has 0 radical (unpaired) electrons. The summed E-state index contributed by atoms with van der Waals surface area (Å²) in [7, 11) is 0. The van der Waals surface area contributed by atoms with Gasteiger partial charge < -0.3 is 5.11 Å². The van der Waals surface area contributed by atoms with E-state index in [1.165, 1.54) is 0 Å². The molecule has 4 heteroatoms. The second kappa shape index (κ2) is 2.84. The Morgan fingerprint density at radius 2 is 2.50 bits per heavy atom. The molecule has 0 saturated carbocycles. The molecule has 0 aliphatic carbocycles. The first kappa shape index (κ1) is 5.62. The number of hydrogen-bond donors (Lipinski definition) is 2. The summed E-state index contributed by atoms with van der Waals surface area (Å²) in [5.41, 5.74) is 0. The van der Waals surface area contributed by atoms with Crippen LogP contribution in [0.2, 0.25) is 0 Å². The van der Waals surface area contributed by atoms with Crippen molar-refractivity contribution in [3.8, 4) is 0 Å². The highest BCUT2D eigenvalue weighted by atomic mass is 32.2. The van der Waals surface area contributed by atoms with Crippen molar-refractivity contribution in [3.63, 3.8) is 0 Å². The minimum absolute atomic E-state index is 0.998. The van der Waals surface area contributed by atoms with E-state index < -0.39 is 6.09 Å². The van der Waals surface area contributed by atoms with Crippen LogP contribution in [-0.2, 0) is 0 Å². The summed E-state index contributed by atoms with van der Waals surface area (Å²) in [4.78, 5) is 9.47. The zero-order valence-electron chi connectivity index (χ0n) is 3.26. The summed E-state index contributed by atoms with van der Waals surface area (Å²) in [6.45, 7) is 0. The fourth-order valence-corrected chi connectivity index (χ4v) is 0.262. The van der Waals surface area contributed by atoms with Crippen molar-refractivity contribution in [3.05, 3.63) is 0 Å². The Kier molecular flexibility index (Phi) is 2.66. The Bertz CT molecular complexity index is 55.5. The van der Waals surface area contributed by atoms with E-state index >= 15 is 0 Å². The summed E-state index contributed by atoms with van der Waals surface area (Å²) < 4.78 is 2.04. The molecule has 0 bridgehead atoms. The van der Waals surface area contributed by atoms with Gasteiger partial charge >= 0.3 is 6.09 Å². The third-order valence-corrected chi connectivity index (χ3v) is 0.568. The largest absolute Gasteiger partial charge is 0.464 e. The Hall–Kier alpha value is -0.380. The molecule has 0 fully saturated rings. The van der Waals surface area contributed by atoms with Gasteiger partial charge in [0, 0.05) is 6.26 Å². The molecular formula is C2H5NO2S. The lowest BCUT2D eigenvalue weighted by atomic mass is 11.3. The van der Waals surface area contributed by atoms with E-state index in [4.69, 9.17) is 5.11 Å². The van der Waals surface area contributed by atoms with Gasteiger partial charge in [0.15, 0.2) is 0 Å².